The van der Waals surface area contributed by atoms with E-state index in [1.165, 1.54) is 0 Å². The highest BCUT2D eigenvalue weighted by atomic mass is 16.5. The summed E-state index contributed by atoms with van der Waals surface area (Å²) in [5.41, 5.74) is 7.99. The fraction of sp³-hybridized carbons (Fsp3) is 0.438. The summed E-state index contributed by atoms with van der Waals surface area (Å²) in [6.45, 7) is 0. The first-order valence-corrected chi connectivity index (χ1v) is 7.78. The van der Waals surface area contributed by atoms with Crippen LogP contribution in [0.15, 0.2) is 28.8 Å². The molecule has 2 aromatic heterocycles. The number of rotatable bonds is 4. The second-order valence-corrected chi connectivity index (χ2v) is 6.08. The first-order valence-electron chi connectivity index (χ1n) is 7.78. The lowest BCUT2D eigenvalue weighted by Crippen LogP contribution is -2.34. The molecule has 3 aromatic rings. The van der Waals surface area contributed by atoms with Crippen molar-refractivity contribution in [3.8, 4) is 0 Å². The van der Waals surface area contributed by atoms with E-state index in [0.29, 0.717) is 18.1 Å². The molecule has 0 amide bonds. The van der Waals surface area contributed by atoms with Crippen molar-refractivity contribution < 1.29 is 4.52 Å². The van der Waals surface area contributed by atoms with Gasteiger partial charge in [-0.3, -0.25) is 0 Å². The maximum absolute atomic E-state index is 6.35. The molecule has 6 heteroatoms. The summed E-state index contributed by atoms with van der Waals surface area (Å²) < 4.78 is 5.36. The molecule has 1 saturated carbocycles. The van der Waals surface area contributed by atoms with Crippen molar-refractivity contribution in [1.29, 1.82) is 0 Å². The first kappa shape index (κ1) is 13.5. The lowest BCUT2D eigenvalue weighted by molar-refractivity contribution is 0.348. The number of aromatic amines is 1. The van der Waals surface area contributed by atoms with Crippen molar-refractivity contribution in [2.24, 2.45) is 5.73 Å². The lowest BCUT2D eigenvalue weighted by atomic mass is 9.99. The fourth-order valence-corrected chi connectivity index (χ4v) is 3.14. The molecule has 1 aliphatic carbocycles. The SMILES string of the molecule is NC1(c2noc(CCc3nc4ccccc4[nH]3)n2)CCCC1. The number of nitrogens with zero attached hydrogens (tertiary/aromatic N) is 3. The number of fused-ring (bicyclic) bond motifs is 1. The summed E-state index contributed by atoms with van der Waals surface area (Å²) in [5, 5.41) is 4.08. The predicted octanol–water partition coefficient (Wildman–Crippen LogP) is 2.46. The monoisotopic (exact) mass is 297 g/mol. The van der Waals surface area contributed by atoms with Crippen molar-refractivity contribution in [3.05, 3.63) is 41.8 Å². The average molecular weight is 297 g/mol. The molecule has 4 rings (SSSR count). The number of benzene rings is 1. The van der Waals surface area contributed by atoms with Gasteiger partial charge in [-0.2, -0.15) is 4.98 Å². The van der Waals surface area contributed by atoms with Gasteiger partial charge in [0.2, 0.25) is 5.89 Å². The Balaban J connectivity index is 1.46. The maximum atomic E-state index is 6.35. The minimum atomic E-state index is -0.388. The van der Waals surface area contributed by atoms with E-state index in [1.54, 1.807) is 0 Å². The Morgan fingerprint density at radius 1 is 1.14 bits per heavy atom. The Labute approximate surface area is 128 Å². The second-order valence-electron chi connectivity index (χ2n) is 6.08. The van der Waals surface area contributed by atoms with Crippen molar-refractivity contribution in [2.45, 2.75) is 44.1 Å². The van der Waals surface area contributed by atoms with Crippen LogP contribution in [0.3, 0.4) is 0 Å². The third kappa shape index (κ3) is 2.39. The fourth-order valence-electron chi connectivity index (χ4n) is 3.14. The predicted molar refractivity (Wildman–Crippen MR) is 82.1 cm³/mol. The summed E-state index contributed by atoms with van der Waals surface area (Å²) >= 11 is 0. The van der Waals surface area contributed by atoms with E-state index in [1.807, 2.05) is 24.3 Å². The number of aryl methyl sites for hydroxylation is 2. The highest BCUT2D eigenvalue weighted by Crippen LogP contribution is 2.34. The maximum Gasteiger partial charge on any atom is 0.227 e. The Morgan fingerprint density at radius 3 is 2.77 bits per heavy atom. The van der Waals surface area contributed by atoms with Crippen LogP contribution in [0.4, 0.5) is 0 Å². The summed E-state index contributed by atoms with van der Waals surface area (Å²) in [4.78, 5) is 12.4. The molecular formula is C16H19N5O. The van der Waals surface area contributed by atoms with E-state index in [2.05, 4.69) is 20.1 Å². The largest absolute Gasteiger partial charge is 0.342 e. The normalized spacial score (nSPS) is 17.3. The molecule has 0 atom stereocenters. The summed E-state index contributed by atoms with van der Waals surface area (Å²) in [6, 6.07) is 8.00. The van der Waals surface area contributed by atoms with Gasteiger partial charge in [-0.25, -0.2) is 4.98 Å². The van der Waals surface area contributed by atoms with E-state index in [4.69, 9.17) is 10.3 Å². The van der Waals surface area contributed by atoms with Gasteiger partial charge in [0.05, 0.1) is 16.6 Å². The van der Waals surface area contributed by atoms with Gasteiger partial charge in [-0.15, -0.1) is 0 Å². The molecule has 114 valence electrons. The number of imidazole rings is 1. The van der Waals surface area contributed by atoms with Crippen molar-refractivity contribution >= 4 is 11.0 Å². The molecule has 0 unspecified atom stereocenters. The number of nitrogens with one attached hydrogen (secondary N) is 1. The smallest absolute Gasteiger partial charge is 0.227 e. The quantitative estimate of drug-likeness (QED) is 0.771. The van der Waals surface area contributed by atoms with Crippen LogP contribution in [0, 0.1) is 0 Å². The third-order valence-corrected chi connectivity index (χ3v) is 4.42. The number of nitrogens with two attached hydrogens (primary N) is 1. The van der Waals surface area contributed by atoms with Crippen LogP contribution in [0.25, 0.3) is 11.0 Å². The van der Waals surface area contributed by atoms with Crippen LogP contribution in [-0.2, 0) is 18.4 Å². The molecular weight excluding hydrogens is 278 g/mol. The number of hydrogen-bond donors (Lipinski definition) is 2. The molecule has 6 nitrogen and oxygen atoms in total. The Kier molecular flexibility index (Phi) is 3.18. The zero-order chi connectivity index (χ0) is 15.0. The average Bonchev–Trinajstić information content (AvgIpc) is 3.24. The van der Waals surface area contributed by atoms with Gasteiger partial charge in [0.1, 0.15) is 5.82 Å². The topological polar surface area (TPSA) is 93.6 Å². The van der Waals surface area contributed by atoms with Crippen LogP contribution < -0.4 is 5.73 Å². The third-order valence-electron chi connectivity index (χ3n) is 4.42. The van der Waals surface area contributed by atoms with E-state index in [-0.39, 0.29) is 5.54 Å². The van der Waals surface area contributed by atoms with Crippen LogP contribution in [0.2, 0.25) is 0 Å². The zero-order valence-corrected chi connectivity index (χ0v) is 12.4. The van der Waals surface area contributed by atoms with E-state index < -0.39 is 0 Å². The Morgan fingerprint density at radius 2 is 1.95 bits per heavy atom. The molecule has 1 aliphatic rings. The van der Waals surface area contributed by atoms with Gasteiger partial charge < -0.3 is 15.2 Å². The molecule has 0 spiro atoms. The summed E-state index contributed by atoms with van der Waals surface area (Å²) in [6.07, 6.45) is 5.57. The van der Waals surface area contributed by atoms with Crippen LogP contribution in [0.1, 0.15) is 43.2 Å². The number of H-pyrrole nitrogens is 1. The van der Waals surface area contributed by atoms with Gasteiger partial charge in [0.25, 0.3) is 0 Å². The molecule has 0 radical (unpaired) electrons. The number of aromatic nitrogens is 4. The standard InChI is InChI=1S/C16H19N5O/c17-16(9-3-4-10-16)15-20-14(22-21-15)8-7-13-18-11-5-1-2-6-12(11)19-13/h1-2,5-6H,3-4,7-10,17H2,(H,18,19). The lowest BCUT2D eigenvalue weighted by Gasteiger charge is -2.17. The zero-order valence-electron chi connectivity index (χ0n) is 12.4. The molecule has 2 heterocycles. The number of hydrogen-bond acceptors (Lipinski definition) is 5. The molecule has 3 N–H and O–H groups in total. The number of para-hydroxylation sites is 2. The van der Waals surface area contributed by atoms with E-state index in [9.17, 15) is 0 Å². The molecule has 0 saturated heterocycles. The molecule has 22 heavy (non-hydrogen) atoms. The summed E-state index contributed by atoms with van der Waals surface area (Å²) in [7, 11) is 0. The van der Waals surface area contributed by atoms with Crippen molar-refractivity contribution in [3.63, 3.8) is 0 Å². The van der Waals surface area contributed by atoms with E-state index >= 15 is 0 Å². The Bertz CT molecular complexity index is 752. The summed E-state index contributed by atoms with van der Waals surface area (Å²) in [5.74, 6) is 2.22. The Hall–Kier alpha value is -2.21. The van der Waals surface area contributed by atoms with E-state index in [0.717, 1.165) is 49.0 Å². The van der Waals surface area contributed by atoms with Gasteiger partial charge in [0, 0.05) is 12.8 Å². The van der Waals surface area contributed by atoms with Gasteiger partial charge in [-0.1, -0.05) is 30.1 Å². The second kappa shape index (κ2) is 5.21. The van der Waals surface area contributed by atoms with Gasteiger partial charge in [-0.05, 0) is 25.0 Å². The minimum absolute atomic E-state index is 0.388. The molecule has 1 fully saturated rings. The van der Waals surface area contributed by atoms with Crippen LogP contribution in [0.5, 0.6) is 0 Å². The van der Waals surface area contributed by atoms with Crippen LogP contribution >= 0.6 is 0 Å². The molecule has 0 aliphatic heterocycles. The van der Waals surface area contributed by atoms with Gasteiger partial charge >= 0.3 is 0 Å². The molecule has 1 aromatic carbocycles. The van der Waals surface area contributed by atoms with Crippen molar-refractivity contribution in [2.75, 3.05) is 0 Å². The first-order chi connectivity index (χ1) is 10.7. The minimum Gasteiger partial charge on any atom is -0.342 e. The highest BCUT2D eigenvalue weighted by Gasteiger charge is 2.35. The van der Waals surface area contributed by atoms with Gasteiger partial charge in [0.15, 0.2) is 5.82 Å². The highest BCUT2D eigenvalue weighted by molar-refractivity contribution is 5.74. The molecule has 0 bridgehead atoms. The van der Waals surface area contributed by atoms with Crippen molar-refractivity contribution in [1.82, 2.24) is 20.1 Å². The van der Waals surface area contributed by atoms with Crippen LogP contribution in [-0.4, -0.2) is 20.1 Å².